The number of aryl methyl sites for hydroxylation is 1. The van der Waals surface area contributed by atoms with Gasteiger partial charge in [0.15, 0.2) is 0 Å². The molecule has 6 nitrogen and oxygen atoms in total. The summed E-state index contributed by atoms with van der Waals surface area (Å²) >= 11 is 0. The highest BCUT2D eigenvalue weighted by atomic mass is 35.5. The largest absolute Gasteiger partial charge is 0.356 e. The Morgan fingerprint density at radius 2 is 1.88 bits per heavy atom. The lowest BCUT2D eigenvalue weighted by Gasteiger charge is -2.34. The third-order valence-electron chi connectivity index (χ3n) is 5.53. The van der Waals surface area contributed by atoms with E-state index in [0.717, 1.165) is 44.2 Å². The van der Waals surface area contributed by atoms with Crippen molar-refractivity contribution in [1.82, 2.24) is 19.7 Å². The monoisotopic (exact) mass is 398 g/mol. The van der Waals surface area contributed by atoms with Gasteiger partial charge in [-0.15, -0.1) is 24.8 Å². The van der Waals surface area contributed by atoms with Crippen molar-refractivity contribution in [2.24, 2.45) is 11.7 Å². The van der Waals surface area contributed by atoms with Gasteiger partial charge < -0.3 is 10.6 Å². The molecule has 0 spiro atoms. The maximum Gasteiger partial charge on any atom is 0.132 e. The summed E-state index contributed by atoms with van der Waals surface area (Å²) in [6.07, 6.45) is 11.4. The molecule has 1 aliphatic heterocycles. The predicted octanol–water partition coefficient (Wildman–Crippen LogP) is 3.03. The van der Waals surface area contributed by atoms with Crippen molar-refractivity contribution >= 4 is 30.6 Å². The van der Waals surface area contributed by atoms with Crippen molar-refractivity contribution in [2.75, 3.05) is 18.0 Å². The van der Waals surface area contributed by atoms with Gasteiger partial charge in [-0.25, -0.2) is 9.97 Å². The first-order valence-electron chi connectivity index (χ1n) is 9.08. The van der Waals surface area contributed by atoms with E-state index in [2.05, 4.69) is 26.0 Å². The Bertz CT molecular complexity index is 651. The molecule has 0 atom stereocenters. The van der Waals surface area contributed by atoms with Gasteiger partial charge in [-0.05, 0) is 44.1 Å². The van der Waals surface area contributed by atoms with Crippen LogP contribution in [-0.2, 0) is 6.54 Å². The lowest BCUT2D eigenvalue weighted by Crippen LogP contribution is -2.36. The van der Waals surface area contributed by atoms with Crippen LogP contribution in [0.25, 0.3) is 0 Å². The molecule has 0 bridgehead atoms. The Hall–Kier alpha value is -1.37. The maximum absolute atomic E-state index is 5.91. The zero-order valence-electron chi connectivity index (χ0n) is 14.9. The standard InChI is InChI=1S/C18H26N6.2ClH/c19-16-10-15(11-16)17-12-18(21-13-20-17)23-7-2-14(3-8-23)4-9-24-6-1-5-22-24;;/h1,5-6,12-16H,2-4,7-11,19H2;2*1H. The van der Waals surface area contributed by atoms with E-state index < -0.39 is 0 Å². The van der Waals surface area contributed by atoms with Gasteiger partial charge in [0, 0.05) is 55.7 Å². The number of rotatable bonds is 5. The van der Waals surface area contributed by atoms with Gasteiger partial charge in [0.05, 0.1) is 0 Å². The van der Waals surface area contributed by atoms with Crippen LogP contribution in [0.15, 0.2) is 30.9 Å². The van der Waals surface area contributed by atoms with Crippen LogP contribution in [0.4, 0.5) is 5.82 Å². The summed E-state index contributed by atoms with van der Waals surface area (Å²) in [6.45, 7) is 3.20. The molecule has 1 saturated carbocycles. The predicted molar refractivity (Wildman–Crippen MR) is 108 cm³/mol. The molecular formula is C18H28Cl2N6. The summed E-state index contributed by atoms with van der Waals surface area (Å²) in [7, 11) is 0. The number of piperidine rings is 1. The molecule has 1 aliphatic carbocycles. The number of aromatic nitrogens is 4. The average molecular weight is 399 g/mol. The molecule has 3 heterocycles. The van der Waals surface area contributed by atoms with E-state index in [1.165, 1.54) is 25.0 Å². The molecule has 8 heteroatoms. The smallest absolute Gasteiger partial charge is 0.132 e. The third kappa shape index (κ3) is 4.87. The van der Waals surface area contributed by atoms with Gasteiger partial charge in [0.2, 0.25) is 0 Å². The summed E-state index contributed by atoms with van der Waals surface area (Å²) in [5.74, 6) is 2.41. The van der Waals surface area contributed by atoms with Gasteiger partial charge in [-0.1, -0.05) is 0 Å². The highest BCUT2D eigenvalue weighted by Crippen LogP contribution is 2.35. The van der Waals surface area contributed by atoms with Crippen LogP contribution in [0.1, 0.15) is 43.7 Å². The SMILES string of the molecule is Cl.Cl.NC1CC(c2cc(N3CCC(CCn4cccn4)CC3)ncn2)C1. The number of nitrogens with zero attached hydrogens (tertiary/aromatic N) is 5. The minimum atomic E-state index is 0. The Kier molecular flexibility index (Phi) is 7.68. The van der Waals surface area contributed by atoms with Gasteiger partial charge in [0.25, 0.3) is 0 Å². The zero-order chi connectivity index (χ0) is 16.4. The Morgan fingerprint density at radius 1 is 1.12 bits per heavy atom. The van der Waals surface area contributed by atoms with Crippen molar-refractivity contribution in [3.05, 3.63) is 36.5 Å². The molecule has 0 radical (unpaired) electrons. The number of hydrogen-bond donors (Lipinski definition) is 1. The Morgan fingerprint density at radius 3 is 2.54 bits per heavy atom. The third-order valence-corrected chi connectivity index (χ3v) is 5.53. The lowest BCUT2D eigenvalue weighted by atomic mass is 9.78. The van der Waals surface area contributed by atoms with E-state index in [9.17, 15) is 0 Å². The second-order valence-corrected chi connectivity index (χ2v) is 7.22. The van der Waals surface area contributed by atoms with Gasteiger partial charge in [-0.3, -0.25) is 4.68 Å². The molecule has 0 aromatic carbocycles. The quantitative estimate of drug-likeness (QED) is 0.837. The Balaban J connectivity index is 0.00000121. The van der Waals surface area contributed by atoms with Crippen LogP contribution in [0.2, 0.25) is 0 Å². The first kappa shape index (κ1) is 20.9. The highest BCUT2D eigenvalue weighted by molar-refractivity contribution is 5.85. The molecule has 1 saturated heterocycles. The molecule has 0 unspecified atom stereocenters. The minimum absolute atomic E-state index is 0. The summed E-state index contributed by atoms with van der Waals surface area (Å²) < 4.78 is 2.03. The fourth-order valence-electron chi connectivity index (χ4n) is 3.86. The fraction of sp³-hybridized carbons (Fsp3) is 0.611. The zero-order valence-corrected chi connectivity index (χ0v) is 16.5. The first-order chi connectivity index (χ1) is 11.8. The van der Waals surface area contributed by atoms with Crippen LogP contribution in [0.5, 0.6) is 0 Å². The van der Waals surface area contributed by atoms with Crippen LogP contribution in [0.3, 0.4) is 0 Å². The topological polar surface area (TPSA) is 72.9 Å². The molecule has 2 aliphatic rings. The van der Waals surface area contributed by atoms with Crippen molar-refractivity contribution in [2.45, 2.75) is 50.6 Å². The summed E-state index contributed by atoms with van der Waals surface area (Å²) in [5.41, 5.74) is 7.07. The molecule has 26 heavy (non-hydrogen) atoms. The van der Waals surface area contributed by atoms with Gasteiger partial charge >= 0.3 is 0 Å². The summed E-state index contributed by atoms with van der Waals surface area (Å²) in [6, 6.07) is 4.53. The summed E-state index contributed by atoms with van der Waals surface area (Å²) in [4.78, 5) is 11.4. The van der Waals surface area contributed by atoms with Gasteiger partial charge in [-0.2, -0.15) is 5.10 Å². The molecule has 0 amide bonds. The average Bonchev–Trinajstić information content (AvgIpc) is 3.11. The van der Waals surface area contributed by atoms with Crippen molar-refractivity contribution in [1.29, 1.82) is 0 Å². The van der Waals surface area contributed by atoms with E-state index in [0.29, 0.717) is 12.0 Å². The lowest BCUT2D eigenvalue weighted by molar-refractivity contribution is 0.343. The highest BCUT2D eigenvalue weighted by Gasteiger charge is 2.29. The molecule has 2 aromatic rings. The molecule has 144 valence electrons. The molecule has 2 aromatic heterocycles. The van der Waals surface area contributed by atoms with Crippen molar-refractivity contribution in [3.8, 4) is 0 Å². The van der Waals surface area contributed by atoms with E-state index in [1.807, 2.05) is 23.1 Å². The Labute approximate surface area is 167 Å². The molecule has 2 N–H and O–H groups in total. The fourth-order valence-corrected chi connectivity index (χ4v) is 3.86. The number of nitrogens with two attached hydrogens (primary N) is 1. The van der Waals surface area contributed by atoms with E-state index in [-0.39, 0.29) is 24.8 Å². The second-order valence-electron chi connectivity index (χ2n) is 7.22. The molecule has 4 rings (SSSR count). The maximum atomic E-state index is 5.91. The molecule has 2 fully saturated rings. The van der Waals surface area contributed by atoms with E-state index >= 15 is 0 Å². The number of halogens is 2. The number of hydrogen-bond acceptors (Lipinski definition) is 5. The number of anilines is 1. The van der Waals surface area contributed by atoms with Crippen LogP contribution < -0.4 is 10.6 Å². The van der Waals surface area contributed by atoms with Crippen LogP contribution in [-0.4, -0.2) is 38.9 Å². The van der Waals surface area contributed by atoms with Crippen molar-refractivity contribution < 1.29 is 0 Å². The van der Waals surface area contributed by atoms with Crippen LogP contribution in [0, 0.1) is 5.92 Å². The second kappa shape index (κ2) is 9.53. The van der Waals surface area contributed by atoms with E-state index in [1.54, 1.807) is 6.33 Å². The van der Waals surface area contributed by atoms with Crippen LogP contribution >= 0.6 is 24.8 Å². The molecular weight excluding hydrogens is 371 g/mol. The normalized spacial score (nSPS) is 22.9. The van der Waals surface area contributed by atoms with E-state index in [4.69, 9.17) is 5.73 Å². The first-order valence-corrected chi connectivity index (χ1v) is 9.08. The summed E-state index contributed by atoms with van der Waals surface area (Å²) in [5, 5.41) is 4.29. The van der Waals surface area contributed by atoms with Gasteiger partial charge in [0.1, 0.15) is 12.1 Å². The van der Waals surface area contributed by atoms with Crippen molar-refractivity contribution in [3.63, 3.8) is 0 Å². The minimum Gasteiger partial charge on any atom is -0.356 e.